The van der Waals surface area contributed by atoms with Gasteiger partial charge in [-0.15, -0.1) is 0 Å². The summed E-state index contributed by atoms with van der Waals surface area (Å²) in [5.41, 5.74) is 5.08. The lowest BCUT2D eigenvalue weighted by Gasteiger charge is -2.10. The summed E-state index contributed by atoms with van der Waals surface area (Å²) in [7, 11) is 0. The summed E-state index contributed by atoms with van der Waals surface area (Å²) in [6.45, 7) is 4.68. The van der Waals surface area contributed by atoms with Crippen LogP contribution >= 0.6 is 0 Å². The number of hydrogen-bond acceptors (Lipinski definition) is 4. The number of hydrogen-bond donors (Lipinski definition) is 2. The molecule has 4 aromatic rings. The SMILES string of the molecule is c1ccc(CNCc2ccc(OCCCOc3ccc(CNCc4ccccc4)cc3)cc2)cc1. The fourth-order valence-corrected chi connectivity index (χ4v) is 3.74. The average Bonchev–Trinajstić information content (AvgIpc) is 2.91. The first-order valence-corrected chi connectivity index (χ1v) is 12.3. The first kappa shape index (κ1) is 24.5. The summed E-state index contributed by atoms with van der Waals surface area (Å²) >= 11 is 0. The van der Waals surface area contributed by atoms with Crippen LogP contribution in [0.15, 0.2) is 109 Å². The van der Waals surface area contributed by atoms with Gasteiger partial charge in [-0.25, -0.2) is 0 Å². The zero-order chi connectivity index (χ0) is 24.0. The predicted molar refractivity (Wildman–Crippen MR) is 142 cm³/mol. The Morgan fingerprint density at radius 3 is 1.11 bits per heavy atom. The molecular formula is C31H34N2O2. The number of ether oxygens (including phenoxy) is 2. The molecule has 0 aromatic heterocycles. The molecule has 4 nitrogen and oxygen atoms in total. The van der Waals surface area contributed by atoms with Crippen LogP contribution in [0.2, 0.25) is 0 Å². The van der Waals surface area contributed by atoms with Gasteiger partial charge in [0.05, 0.1) is 13.2 Å². The van der Waals surface area contributed by atoms with Crippen LogP contribution < -0.4 is 20.1 Å². The molecule has 0 saturated carbocycles. The van der Waals surface area contributed by atoms with Crippen LogP contribution in [-0.4, -0.2) is 13.2 Å². The van der Waals surface area contributed by atoms with E-state index in [1.54, 1.807) is 0 Å². The van der Waals surface area contributed by atoms with E-state index in [1.165, 1.54) is 22.3 Å². The van der Waals surface area contributed by atoms with Gasteiger partial charge in [0.1, 0.15) is 11.5 Å². The lowest BCUT2D eigenvalue weighted by molar-refractivity contribution is 0.247. The molecule has 0 bridgehead atoms. The van der Waals surface area contributed by atoms with E-state index in [0.29, 0.717) is 13.2 Å². The molecule has 0 atom stereocenters. The third-order valence-electron chi connectivity index (χ3n) is 5.67. The molecule has 2 N–H and O–H groups in total. The Kier molecular flexibility index (Phi) is 9.77. The lowest BCUT2D eigenvalue weighted by atomic mass is 10.2. The van der Waals surface area contributed by atoms with Crippen LogP contribution in [0.1, 0.15) is 28.7 Å². The molecule has 0 saturated heterocycles. The molecule has 4 rings (SSSR count). The Morgan fingerprint density at radius 1 is 0.400 bits per heavy atom. The van der Waals surface area contributed by atoms with Gasteiger partial charge >= 0.3 is 0 Å². The van der Waals surface area contributed by atoms with E-state index < -0.39 is 0 Å². The third-order valence-corrected chi connectivity index (χ3v) is 5.67. The predicted octanol–water partition coefficient (Wildman–Crippen LogP) is 6.11. The number of nitrogens with one attached hydrogen (secondary N) is 2. The molecule has 0 aliphatic carbocycles. The minimum Gasteiger partial charge on any atom is -0.493 e. The van der Waals surface area contributed by atoms with Crippen LogP contribution in [0.3, 0.4) is 0 Å². The van der Waals surface area contributed by atoms with Crippen LogP contribution in [-0.2, 0) is 26.2 Å². The molecular weight excluding hydrogens is 432 g/mol. The quantitative estimate of drug-likeness (QED) is 0.220. The van der Waals surface area contributed by atoms with Gasteiger partial charge < -0.3 is 20.1 Å². The third kappa shape index (κ3) is 8.93. The minimum atomic E-state index is 0.632. The van der Waals surface area contributed by atoms with E-state index in [-0.39, 0.29) is 0 Å². The maximum absolute atomic E-state index is 5.86. The first-order chi connectivity index (χ1) is 17.3. The van der Waals surface area contributed by atoms with Crippen molar-refractivity contribution >= 4 is 0 Å². The summed E-state index contributed by atoms with van der Waals surface area (Å²) in [6, 6.07) is 37.5. The molecule has 0 aliphatic heterocycles. The summed E-state index contributed by atoms with van der Waals surface area (Å²) in [5.74, 6) is 1.79. The van der Waals surface area contributed by atoms with Crippen molar-refractivity contribution in [1.29, 1.82) is 0 Å². The Bertz CT molecular complexity index is 1010. The summed E-state index contributed by atoms with van der Waals surface area (Å²) in [5, 5.41) is 6.94. The van der Waals surface area contributed by atoms with Gasteiger partial charge in [0.25, 0.3) is 0 Å². The zero-order valence-corrected chi connectivity index (χ0v) is 20.2. The van der Waals surface area contributed by atoms with Crippen molar-refractivity contribution in [3.63, 3.8) is 0 Å². The van der Waals surface area contributed by atoms with Crippen molar-refractivity contribution in [3.05, 3.63) is 131 Å². The highest BCUT2D eigenvalue weighted by molar-refractivity contribution is 5.28. The van der Waals surface area contributed by atoms with Crippen LogP contribution in [0, 0.1) is 0 Å². The molecule has 0 heterocycles. The molecule has 0 fully saturated rings. The van der Waals surface area contributed by atoms with Crippen LogP contribution in [0.4, 0.5) is 0 Å². The van der Waals surface area contributed by atoms with E-state index in [0.717, 1.165) is 44.1 Å². The van der Waals surface area contributed by atoms with Gasteiger partial charge in [0, 0.05) is 32.6 Å². The summed E-state index contributed by atoms with van der Waals surface area (Å²) < 4.78 is 11.7. The van der Waals surface area contributed by atoms with Gasteiger partial charge in [0.15, 0.2) is 0 Å². The van der Waals surface area contributed by atoms with Crippen LogP contribution in [0.25, 0.3) is 0 Å². The highest BCUT2D eigenvalue weighted by Crippen LogP contribution is 2.14. The van der Waals surface area contributed by atoms with Gasteiger partial charge in [-0.3, -0.25) is 0 Å². The molecule has 180 valence electrons. The molecule has 35 heavy (non-hydrogen) atoms. The second-order valence-electron chi connectivity index (χ2n) is 8.52. The van der Waals surface area contributed by atoms with E-state index in [1.807, 2.05) is 36.4 Å². The number of benzene rings is 4. The Hall–Kier alpha value is -3.60. The monoisotopic (exact) mass is 466 g/mol. The molecule has 4 aromatic carbocycles. The van der Waals surface area contributed by atoms with Crippen molar-refractivity contribution in [2.24, 2.45) is 0 Å². The maximum atomic E-state index is 5.86. The highest BCUT2D eigenvalue weighted by Gasteiger charge is 1.99. The largest absolute Gasteiger partial charge is 0.493 e. The van der Waals surface area contributed by atoms with E-state index in [4.69, 9.17) is 9.47 Å². The van der Waals surface area contributed by atoms with E-state index >= 15 is 0 Å². The molecule has 0 aliphatic rings. The van der Waals surface area contributed by atoms with E-state index in [9.17, 15) is 0 Å². The summed E-state index contributed by atoms with van der Waals surface area (Å²) in [6.07, 6.45) is 0.834. The second-order valence-corrected chi connectivity index (χ2v) is 8.52. The maximum Gasteiger partial charge on any atom is 0.119 e. The molecule has 0 amide bonds. The van der Waals surface area contributed by atoms with Crippen molar-refractivity contribution in [2.45, 2.75) is 32.6 Å². The van der Waals surface area contributed by atoms with Crippen molar-refractivity contribution < 1.29 is 9.47 Å². The van der Waals surface area contributed by atoms with Crippen molar-refractivity contribution in [1.82, 2.24) is 10.6 Å². The Labute approximate surface area is 208 Å². The first-order valence-electron chi connectivity index (χ1n) is 12.3. The highest BCUT2D eigenvalue weighted by atomic mass is 16.5. The molecule has 0 spiro atoms. The minimum absolute atomic E-state index is 0.632. The van der Waals surface area contributed by atoms with Crippen LogP contribution in [0.5, 0.6) is 11.5 Å². The summed E-state index contributed by atoms with van der Waals surface area (Å²) in [4.78, 5) is 0. The van der Waals surface area contributed by atoms with Gasteiger partial charge in [-0.1, -0.05) is 84.9 Å². The fourth-order valence-electron chi connectivity index (χ4n) is 3.74. The normalized spacial score (nSPS) is 10.7. The Morgan fingerprint density at radius 2 is 0.743 bits per heavy atom. The van der Waals surface area contributed by atoms with Crippen molar-refractivity contribution in [3.8, 4) is 11.5 Å². The topological polar surface area (TPSA) is 42.5 Å². The lowest BCUT2D eigenvalue weighted by Crippen LogP contribution is -2.12. The number of rotatable bonds is 14. The standard InChI is InChI=1S/C31H34N2O2/c1-3-8-26(9-4-1)22-32-24-28-12-16-30(17-13-28)34-20-7-21-35-31-18-14-29(15-19-31)25-33-23-27-10-5-2-6-11-27/h1-6,8-19,32-33H,7,20-25H2. The van der Waals surface area contributed by atoms with Gasteiger partial charge in [-0.05, 0) is 46.5 Å². The zero-order valence-electron chi connectivity index (χ0n) is 20.2. The van der Waals surface area contributed by atoms with Gasteiger partial charge in [0.2, 0.25) is 0 Å². The van der Waals surface area contributed by atoms with E-state index in [2.05, 4.69) is 83.4 Å². The average molecular weight is 467 g/mol. The molecule has 4 heteroatoms. The van der Waals surface area contributed by atoms with Gasteiger partial charge in [-0.2, -0.15) is 0 Å². The second kappa shape index (κ2) is 14.0. The smallest absolute Gasteiger partial charge is 0.119 e. The Balaban J connectivity index is 1.07. The molecule has 0 unspecified atom stereocenters. The van der Waals surface area contributed by atoms with Crippen molar-refractivity contribution in [2.75, 3.05) is 13.2 Å². The fraction of sp³-hybridized carbons (Fsp3) is 0.226. The molecule has 0 radical (unpaired) electrons.